The minimum atomic E-state index is -0.583. The van der Waals surface area contributed by atoms with Gasteiger partial charge in [0, 0.05) is 24.5 Å². The van der Waals surface area contributed by atoms with E-state index in [1.165, 1.54) is 4.88 Å². The molecule has 3 amide bonds. The number of amides is 3. The molecule has 0 bridgehead atoms. The van der Waals surface area contributed by atoms with Gasteiger partial charge in [0.25, 0.3) is 5.91 Å². The van der Waals surface area contributed by atoms with Gasteiger partial charge in [-0.25, -0.2) is 4.79 Å². The fraction of sp³-hybridized carbons (Fsp3) is 0.238. The molecule has 0 saturated carbocycles. The summed E-state index contributed by atoms with van der Waals surface area (Å²) in [6.45, 7) is 1.93. The number of nitrogens with two attached hydrogens (primary N) is 1. The minimum Gasteiger partial charge on any atom is -0.365 e. The molecule has 0 saturated heterocycles. The molecule has 1 aliphatic heterocycles. The lowest BCUT2D eigenvalue weighted by atomic mass is 10.1. The number of nitrogens with one attached hydrogen (secondary N) is 1. The number of halogens is 1. The summed E-state index contributed by atoms with van der Waals surface area (Å²) in [5, 5.41) is 5.33. The SMILES string of the molecule is NC(=O)c1c(Cl)c(-c2ccccc2)n2c1CN(C(=O)NCCc1cccs1)CC2. The second-order valence-corrected chi connectivity index (χ2v) is 8.26. The zero-order valence-corrected chi connectivity index (χ0v) is 17.3. The summed E-state index contributed by atoms with van der Waals surface area (Å²) < 4.78 is 2.01. The number of hydrogen-bond acceptors (Lipinski definition) is 3. The van der Waals surface area contributed by atoms with E-state index in [0.29, 0.717) is 35.9 Å². The summed E-state index contributed by atoms with van der Waals surface area (Å²) in [6, 6.07) is 13.6. The lowest BCUT2D eigenvalue weighted by Crippen LogP contribution is -2.45. The van der Waals surface area contributed by atoms with Gasteiger partial charge in [-0.3, -0.25) is 4.79 Å². The Labute approximate surface area is 177 Å². The van der Waals surface area contributed by atoms with Gasteiger partial charge in [0.1, 0.15) is 0 Å². The number of carbonyl (C=O) groups is 2. The molecule has 1 aromatic carbocycles. The second-order valence-electron chi connectivity index (χ2n) is 6.85. The van der Waals surface area contributed by atoms with Gasteiger partial charge in [0.05, 0.1) is 28.5 Å². The van der Waals surface area contributed by atoms with Gasteiger partial charge >= 0.3 is 6.03 Å². The number of hydrogen-bond donors (Lipinski definition) is 2. The number of benzene rings is 1. The van der Waals surface area contributed by atoms with E-state index >= 15 is 0 Å². The fourth-order valence-electron chi connectivity index (χ4n) is 3.69. The summed E-state index contributed by atoms with van der Waals surface area (Å²) in [7, 11) is 0. The molecule has 3 N–H and O–H groups in total. The molecule has 0 aliphatic carbocycles. The van der Waals surface area contributed by atoms with Crippen molar-refractivity contribution in [3.05, 3.63) is 69.0 Å². The Morgan fingerprint density at radius 2 is 1.93 bits per heavy atom. The van der Waals surface area contributed by atoms with Crippen molar-refractivity contribution in [2.75, 3.05) is 13.1 Å². The molecular formula is C21H21ClN4O2S. The Morgan fingerprint density at radius 1 is 1.14 bits per heavy atom. The predicted octanol–water partition coefficient (Wildman–Crippen LogP) is 3.74. The van der Waals surface area contributed by atoms with E-state index in [2.05, 4.69) is 11.4 Å². The average Bonchev–Trinajstić information content (AvgIpc) is 3.33. The number of primary amides is 1. The van der Waals surface area contributed by atoms with Crippen LogP contribution in [0.5, 0.6) is 0 Å². The topological polar surface area (TPSA) is 80.4 Å². The molecule has 2 aromatic heterocycles. The van der Waals surface area contributed by atoms with Gasteiger partial charge < -0.3 is 20.5 Å². The quantitative estimate of drug-likeness (QED) is 0.649. The van der Waals surface area contributed by atoms with Crippen LogP contribution in [0.3, 0.4) is 0 Å². The van der Waals surface area contributed by atoms with E-state index in [4.69, 9.17) is 17.3 Å². The number of aromatic nitrogens is 1. The first-order valence-corrected chi connectivity index (χ1v) is 10.6. The lowest BCUT2D eigenvalue weighted by molar-refractivity contribution is 0.0997. The molecule has 1 aliphatic rings. The average molecular weight is 429 g/mol. The molecule has 3 heterocycles. The minimum absolute atomic E-state index is 0.151. The van der Waals surface area contributed by atoms with Crippen molar-refractivity contribution < 1.29 is 9.59 Å². The number of rotatable bonds is 5. The maximum atomic E-state index is 12.6. The smallest absolute Gasteiger partial charge is 0.317 e. The third-order valence-corrected chi connectivity index (χ3v) is 6.36. The van der Waals surface area contributed by atoms with Gasteiger partial charge in [0.15, 0.2) is 0 Å². The molecule has 0 atom stereocenters. The van der Waals surface area contributed by atoms with Crippen molar-refractivity contribution in [1.82, 2.24) is 14.8 Å². The summed E-state index contributed by atoms with van der Waals surface area (Å²) in [6.07, 6.45) is 0.796. The van der Waals surface area contributed by atoms with Gasteiger partial charge in [-0.05, 0) is 23.4 Å². The van der Waals surface area contributed by atoms with E-state index in [0.717, 1.165) is 17.7 Å². The molecular weight excluding hydrogens is 408 g/mol. The molecule has 0 fully saturated rings. The van der Waals surface area contributed by atoms with Crippen molar-refractivity contribution in [2.24, 2.45) is 5.73 Å². The Balaban J connectivity index is 1.55. The van der Waals surface area contributed by atoms with Crippen LogP contribution < -0.4 is 11.1 Å². The van der Waals surface area contributed by atoms with E-state index in [1.54, 1.807) is 16.2 Å². The normalized spacial score (nSPS) is 13.2. The fourth-order valence-corrected chi connectivity index (χ4v) is 4.81. The van der Waals surface area contributed by atoms with Crippen LogP contribution in [0.15, 0.2) is 47.8 Å². The van der Waals surface area contributed by atoms with E-state index in [1.807, 2.05) is 46.3 Å². The monoisotopic (exact) mass is 428 g/mol. The zero-order chi connectivity index (χ0) is 20.4. The third kappa shape index (κ3) is 3.88. The highest BCUT2D eigenvalue weighted by atomic mass is 35.5. The molecule has 4 rings (SSSR count). The maximum absolute atomic E-state index is 12.6. The van der Waals surface area contributed by atoms with Crippen molar-refractivity contribution in [2.45, 2.75) is 19.5 Å². The van der Waals surface area contributed by atoms with Crippen LogP contribution >= 0.6 is 22.9 Å². The van der Waals surface area contributed by atoms with Crippen LogP contribution in [0, 0.1) is 0 Å². The van der Waals surface area contributed by atoms with Crippen LogP contribution in [0.25, 0.3) is 11.3 Å². The molecule has 0 radical (unpaired) electrons. The predicted molar refractivity (Wildman–Crippen MR) is 115 cm³/mol. The van der Waals surface area contributed by atoms with Gasteiger partial charge in [-0.2, -0.15) is 0 Å². The second kappa shape index (κ2) is 8.31. The van der Waals surface area contributed by atoms with Crippen LogP contribution in [0.4, 0.5) is 4.79 Å². The summed E-state index contributed by atoms with van der Waals surface area (Å²) >= 11 is 8.25. The number of urea groups is 1. The van der Waals surface area contributed by atoms with Gasteiger partial charge in [0.2, 0.25) is 0 Å². The lowest BCUT2D eigenvalue weighted by Gasteiger charge is -2.30. The third-order valence-electron chi connectivity index (χ3n) is 5.05. The van der Waals surface area contributed by atoms with E-state index in [9.17, 15) is 9.59 Å². The maximum Gasteiger partial charge on any atom is 0.317 e. The number of carbonyl (C=O) groups excluding carboxylic acids is 2. The summed E-state index contributed by atoms with van der Waals surface area (Å²) in [5.74, 6) is -0.583. The molecule has 6 nitrogen and oxygen atoms in total. The first kappa shape index (κ1) is 19.5. The van der Waals surface area contributed by atoms with E-state index in [-0.39, 0.29) is 12.6 Å². The van der Waals surface area contributed by atoms with E-state index < -0.39 is 5.91 Å². The molecule has 8 heteroatoms. The van der Waals surface area contributed by atoms with Crippen molar-refractivity contribution in [3.63, 3.8) is 0 Å². The molecule has 3 aromatic rings. The van der Waals surface area contributed by atoms with Gasteiger partial charge in [-0.1, -0.05) is 48.0 Å². The number of thiophene rings is 1. The summed E-state index contributed by atoms with van der Waals surface area (Å²) in [5.41, 5.74) is 8.29. The van der Waals surface area contributed by atoms with Crippen molar-refractivity contribution in [1.29, 1.82) is 0 Å². The molecule has 0 spiro atoms. The van der Waals surface area contributed by atoms with Gasteiger partial charge in [-0.15, -0.1) is 11.3 Å². The zero-order valence-electron chi connectivity index (χ0n) is 15.7. The highest BCUT2D eigenvalue weighted by Gasteiger charge is 2.31. The number of nitrogens with zero attached hydrogens (tertiary/aromatic N) is 2. The first-order chi connectivity index (χ1) is 14.1. The van der Waals surface area contributed by atoms with Crippen LogP contribution in [-0.2, 0) is 19.5 Å². The molecule has 150 valence electrons. The van der Waals surface area contributed by atoms with Crippen LogP contribution in [-0.4, -0.2) is 34.5 Å². The molecule has 29 heavy (non-hydrogen) atoms. The first-order valence-electron chi connectivity index (χ1n) is 9.37. The Hall–Kier alpha value is -2.77. The molecule has 0 unspecified atom stereocenters. The summed E-state index contributed by atoms with van der Waals surface area (Å²) in [4.78, 5) is 27.7. The highest BCUT2D eigenvalue weighted by Crippen LogP contribution is 2.37. The van der Waals surface area contributed by atoms with Crippen molar-refractivity contribution >= 4 is 34.9 Å². The standard InChI is InChI=1S/C21H21ClN4O2S/c22-18-17(20(23)27)16-13-25(21(28)24-9-8-15-7-4-12-29-15)10-11-26(16)19(18)14-5-2-1-3-6-14/h1-7,12H,8-11,13H2,(H2,23,27)(H,24,28). The van der Waals surface area contributed by atoms with Crippen molar-refractivity contribution in [3.8, 4) is 11.3 Å². The Morgan fingerprint density at radius 3 is 2.62 bits per heavy atom. The largest absolute Gasteiger partial charge is 0.365 e. The Kier molecular flexibility index (Phi) is 5.60. The highest BCUT2D eigenvalue weighted by molar-refractivity contribution is 7.09. The van der Waals surface area contributed by atoms with Crippen LogP contribution in [0.1, 0.15) is 20.9 Å². The van der Waals surface area contributed by atoms with Crippen LogP contribution in [0.2, 0.25) is 5.02 Å². The number of fused-ring (bicyclic) bond motifs is 1. The Bertz CT molecular complexity index is 1030.